The Balaban J connectivity index is 2.68. The summed E-state index contributed by atoms with van der Waals surface area (Å²) in [6.45, 7) is 8.17. The predicted molar refractivity (Wildman–Crippen MR) is 84.1 cm³/mol. The van der Waals surface area contributed by atoms with Crippen molar-refractivity contribution < 1.29 is 9.53 Å². The van der Waals surface area contributed by atoms with E-state index in [4.69, 9.17) is 4.74 Å². The zero-order chi connectivity index (χ0) is 15.6. The molecule has 5 nitrogen and oxygen atoms in total. The van der Waals surface area contributed by atoms with E-state index in [0.717, 1.165) is 4.47 Å². The molecule has 0 saturated heterocycles. The first-order valence-corrected chi connectivity index (χ1v) is 7.52. The molecule has 21 heavy (non-hydrogen) atoms. The average molecular weight is 352 g/mol. The molecule has 0 aliphatic rings. The fourth-order valence-corrected chi connectivity index (χ4v) is 2.45. The van der Waals surface area contributed by atoms with E-state index in [1.165, 1.54) is 0 Å². The molecule has 6 heteroatoms. The van der Waals surface area contributed by atoms with Crippen molar-refractivity contribution in [3.8, 4) is 11.4 Å². The second-order valence-corrected chi connectivity index (χ2v) is 6.40. The number of nitrogens with zero attached hydrogens (tertiary/aromatic N) is 3. The highest BCUT2D eigenvalue weighted by molar-refractivity contribution is 9.10. The van der Waals surface area contributed by atoms with Crippen molar-refractivity contribution in [2.45, 2.75) is 33.2 Å². The van der Waals surface area contributed by atoms with Crippen molar-refractivity contribution in [3.05, 3.63) is 34.6 Å². The molecule has 2 aromatic heterocycles. The Bertz CT molecular complexity index is 659. The molecule has 0 aromatic carbocycles. The fourth-order valence-electron chi connectivity index (χ4n) is 2.00. The number of aromatic nitrogens is 3. The molecular weight excluding hydrogens is 334 g/mol. The van der Waals surface area contributed by atoms with E-state index in [2.05, 4.69) is 26.0 Å². The number of carbonyl (C=O) groups is 1. The minimum absolute atomic E-state index is 0.281. The van der Waals surface area contributed by atoms with Crippen LogP contribution in [0.2, 0.25) is 0 Å². The quantitative estimate of drug-likeness (QED) is 0.792. The smallest absolute Gasteiger partial charge is 0.342 e. The first-order chi connectivity index (χ1) is 9.86. The molecule has 0 radical (unpaired) electrons. The summed E-state index contributed by atoms with van der Waals surface area (Å²) in [7, 11) is 0. The summed E-state index contributed by atoms with van der Waals surface area (Å²) < 4.78 is 7.73. The van der Waals surface area contributed by atoms with Gasteiger partial charge < -0.3 is 4.74 Å². The highest BCUT2D eigenvalue weighted by Gasteiger charge is 2.27. The molecular formula is C15H18BrN3O2. The number of esters is 1. The Kier molecular flexibility index (Phi) is 4.46. The van der Waals surface area contributed by atoms with Gasteiger partial charge in [0.25, 0.3) is 0 Å². The maximum atomic E-state index is 12.2. The topological polar surface area (TPSA) is 57.0 Å². The number of rotatable bonds is 3. The van der Waals surface area contributed by atoms with Gasteiger partial charge in [-0.3, -0.25) is 9.67 Å². The van der Waals surface area contributed by atoms with Crippen LogP contribution in [0.5, 0.6) is 0 Å². The van der Waals surface area contributed by atoms with Gasteiger partial charge in [-0.25, -0.2) is 4.79 Å². The van der Waals surface area contributed by atoms with Crippen molar-refractivity contribution in [1.29, 1.82) is 0 Å². The lowest BCUT2D eigenvalue weighted by molar-refractivity contribution is 0.0527. The van der Waals surface area contributed by atoms with Gasteiger partial charge >= 0.3 is 5.97 Å². The molecule has 0 N–H and O–H groups in total. The van der Waals surface area contributed by atoms with Crippen LogP contribution in [0.1, 0.15) is 38.1 Å². The zero-order valence-electron chi connectivity index (χ0n) is 12.6. The minimum Gasteiger partial charge on any atom is -0.462 e. The number of hydrogen-bond acceptors (Lipinski definition) is 4. The Morgan fingerprint density at radius 2 is 2.14 bits per heavy atom. The predicted octanol–water partition coefficient (Wildman–Crippen LogP) is 3.64. The lowest BCUT2D eigenvalue weighted by Gasteiger charge is -2.23. The Morgan fingerprint density at radius 3 is 2.71 bits per heavy atom. The van der Waals surface area contributed by atoms with Gasteiger partial charge in [0, 0.05) is 10.7 Å². The summed E-state index contributed by atoms with van der Waals surface area (Å²) in [6.07, 6.45) is 3.23. The van der Waals surface area contributed by atoms with Crippen LogP contribution in [-0.4, -0.2) is 27.3 Å². The highest BCUT2D eigenvalue weighted by Crippen LogP contribution is 2.32. The maximum Gasteiger partial charge on any atom is 0.342 e. The monoisotopic (exact) mass is 351 g/mol. The van der Waals surface area contributed by atoms with Gasteiger partial charge in [-0.05, 0) is 55.8 Å². The molecule has 0 aliphatic heterocycles. The van der Waals surface area contributed by atoms with Crippen molar-refractivity contribution >= 4 is 21.9 Å². The van der Waals surface area contributed by atoms with E-state index in [0.29, 0.717) is 23.6 Å². The Labute approximate surface area is 132 Å². The van der Waals surface area contributed by atoms with E-state index < -0.39 is 0 Å². The number of carbonyl (C=O) groups excluding carboxylic acids is 1. The molecule has 0 atom stereocenters. The first kappa shape index (κ1) is 15.7. The van der Waals surface area contributed by atoms with E-state index >= 15 is 0 Å². The lowest BCUT2D eigenvalue weighted by atomic mass is 10.1. The van der Waals surface area contributed by atoms with Crippen LogP contribution < -0.4 is 0 Å². The maximum absolute atomic E-state index is 12.2. The average Bonchev–Trinajstić information content (AvgIpc) is 2.84. The molecule has 0 spiro atoms. The third kappa shape index (κ3) is 3.15. The summed E-state index contributed by atoms with van der Waals surface area (Å²) >= 11 is 3.49. The van der Waals surface area contributed by atoms with Gasteiger partial charge in [0.05, 0.1) is 18.3 Å². The van der Waals surface area contributed by atoms with Crippen molar-refractivity contribution in [2.75, 3.05) is 6.61 Å². The number of pyridine rings is 1. The standard InChI is InChI=1S/C15H18BrN3O2/c1-5-21-14(20)10-9-18-19(15(2,3)4)13(10)12-11(16)7-6-8-17-12/h6-9H,5H2,1-4H3. The number of hydrogen-bond donors (Lipinski definition) is 0. The second kappa shape index (κ2) is 5.97. The molecule has 0 amide bonds. The summed E-state index contributed by atoms with van der Waals surface area (Å²) in [4.78, 5) is 16.6. The van der Waals surface area contributed by atoms with Crippen LogP contribution in [-0.2, 0) is 10.3 Å². The molecule has 0 aliphatic carbocycles. The summed E-state index contributed by atoms with van der Waals surface area (Å²) in [5, 5.41) is 4.36. The van der Waals surface area contributed by atoms with Gasteiger partial charge in [-0.2, -0.15) is 5.10 Å². The lowest BCUT2D eigenvalue weighted by Crippen LogP contribution is -2.24. The van der Waals surface area contributed by atoms with E-state index in [1.54, 1.807) is 24.0 Å². The molecule has 0 bridgehead atoms. The van der Waals surface area contributed by atoms with Crippen molar-refractivity contribution in [3.63, 3.8) is 0 Å². The molecule has 0 unspecified atom stereocenters. The second-order valence-electron chi connectivity index (χ2n) is 5.54. The van der Waals surface area contributed by atoms with Gasteiger partial charge in [0.15, 0.2) is 0 Å². The SMILES string of the molecule is CCOC(=O)c1cnn(C(C)(C)C)c1-c1ncccc1Br. The normalized spacial score (nSPS) is 11.5. The van der Waals surface area contributed by atoms with Gasteiger partial charge in [-0.15, -0.1) is 0 Å². The van der Waals surface area contributed by atoms with E-state index in [-0.39, 0.29) is 11.5 Å². The molecule has 112 valence electrons. The first-order valence-electron chi connectivity index (χ1n) is 6.72. The van der Waals surface area contributed by atoms with Crippen LogP contribution in [0.4, 0.5) is 0 Å². The molecule has 0 saturated carbocycles. The van der Waals surface area contributed by atoms with Crippen LogP contribution >= 0.6 is 15.9 Å². The van der Waals surface area contributed by atoms with Gasteiger partial charge in [0.2, 0.25) is 0 Å². The van der Waals surface area contributed by atoms with Crippen LogP contribution in [0.3, 0.4) is 0 Å². The third-order valence-corrected chi connectivity index (χ3v) is 3.52. The summed E-state index contributed by atoms with van der Waals surface area (Å²) in [5.74, 6) is -0.388. The van der Waals surface area contributed by atoms with Crippen LogP contribution in [0, 0.1) is 0 Å². The summed E-state index contributed by atoms with van der Waals surface area (Å²) in [6, 6.07) is 3.71. The molecule has 2 aromatic rings. The zero-order valence-corrected chi connectivity index (χ0v) is 14.1. The number of ether oxygens (including phenoxy) is 1. The Morgan fingerprint density at radius 1 is 1.43 bits per heavy atom. The number of halogens is 1. The van der Waals surface area contributed by atoms with Crippen LogP contribution in [0.25, 0.3) is 11.4 Å². The largest absolute Gasteiger partial charge is 0.462 e. The van der Waals surface area contributed by atoms with Gasteiger partial charge in [0.1, 0.15) is 17.0 Å². The highest BCUT2D eigenvalue weighted by atomic mass is 79.9. The van der Waals surface area contributed by atoms with E-state index in [1.807, 2.05) is 32.9 Å². The Hall–Kier alpha value is -1.69. The molecule has 2 heterocycles. The molecule has 0 fully saturated rings. The van der Waals surface area contributed by atoms with Crippen molar-refractivity contribution in [1.82, 2.24) is 14.8 Å². The third-order valence-electron chi connectivity index (χ3n) is 2.88. The fraction of sp³-hybridized carbons (Fsp3) is 0.400. The van der Waals surface area contributed by atoms with Crippen molar-refractivity contribution in [2.24, 2.45) is 0 Å². The molecule has 2 rings (SSSR count). The summed E-state index contributed by atoms with van der Waals surface area (Å²) in [5.41, 5.74) is 1.48. The van der Waals surface area contributed by atoms with Crippen LogP contribution in [0.15, 0.2) is 29.0 Å². The van der Waals surface area contributed by atoms with Gasteiger partial charge in [-0.1, -0.05) is 0 Å². The minimum atomic E-state index is -0.388. The van der Waals surface area contributed by atoms with E-state index in [9.17, 15) is 4.79 Å².